The number of hydrogen-bond donors (Lipinski definition) is 3. The van der Waals surface area contributed by atoms with Crippen molar-refractivity contribution in [1.29, 1.82) is 0 Å². The first-order valence-electron chi connectivity index (χ1n) is 5.53. The number of nitrogens with two attached hydrogens (primary N) is 1. The van der Waals surface area contributed by atoms with Crippen molar-refractivity contribution < 1.29 is 9.90 Å². The van der Waals surface area contributed by atoms with E-state index < -0.39 is 12.0 Å². The fourth-order valence-electron chi connectivity index (χ4n) is 1.28. The van der Waals surface area contributed by atoms with E-state index in [-0.39, 0.29) is 5.92 Å². The zero-order valence-corrected chi connectivity index (χ0v) is 10.1. The molecule has 0 radical (unpaired) electrons. The Bertz CT molecular complexity index is 447. The predicted molar refractivity (Wildman–Crippen MR) is 68.7 cm³/mol. The van der Waals surface area contributed by atoms with Gasteiger partial charge in [-0.15, -0.1) is 0 Å². The molecule has 1 aromatic heterocycles. The third-order valence-corrected chi connectivity index (χ3v) is 2.47. The second-order valence-electron chi connectivity index (χ2n) is 4.17. The van der Waals surface area contributed by atoms with E-state index in [1.807, 2.05) is 18.3 Å². The number of fused-ring (bicyclic) bond motifs is 1. The lowest BCUT2D eigenvalue weighted by Crippen LogP contribution is -2.34. The van der Waals surface area contributed by atoms with Crippen LogP contribution < -0.4 is 5.73 Å². The molecule has 0 unspecified atom stereocenters. The largest absolute Gasteiger partial charge is 0.480 e. The predicted octanol–water partition coefficient (Wildman–Crippen LogP) is 2.22. The minimum absolute atomic E-state index is 0.0208. The van der Waals surface area contributed by atoms with E-state index in [2.05, 4.69) is 23.2 Å². The number of carboxylic acids is 1. The lowest BCUT2D eigenvalue weighted by atomic mass is 10.1. The Kier molecular flexibility index (Phi) is 4.72. The first-order chi connectivity index (χ1) is 8.02. The number of aromatic nitrogens is 1. The molecule has 0 spiro atoms. The Balaban J connectivity index is 0.000000172. The molecule has 4 heteroatoms. The van der Waals surface area contributed by atoms with Gasteiger partial charge in [-0.05, 0) is 23.4 Å². The molecule has 92 valence electrons. The molecule has 0 bridgehead atoms. The van der Waals surface area contributed by atoms with Gasteiger partial charge in [0.15, 0.2) is 0 Å². The topological polar surface area (TPSA) is 79.1 Å². The van der Waals surface area contributed by atoms with Gasteiger partial charge in [0.05, 0.1) is 0 Å². The van der Waals surface area contributed by atoms with Crippen LogP contribution in [0.15, 0.2) is 36.5 Å². The summed E-state index contributed by atoms with van der Waals surface area (Å²) < 4.78 is 0. The standard InChI is InChI=1S/C8H7N.C5H11NO2/c1-2-4-8-7(3-1)5-6-9-8;1-3(2)4(6)5(7)8/h1-6,9H;3-4H,6H2,1-2H3,(H,7,8)/t;4-/m.0/s1. The molecule has 1 heterocycles. The maximum Gasteiger partial charge on any atom is 0.320 e. The molecule has 1 atom stereocenters. The van der Waals surface area contributed by atoms with Gasteiger partial charge in [0, 0.05) is 11.7 Å². The van der Waals surface area contributed by atoms with Gasteiger partial charge in [0.25, 0.3) is 0 Å². The monoisotopic (exact) mass is 234 g/mol. The number of carboxylic acid groups (broad SMARTS) is 1. The third-order valence-electron chi connectivity index (χ3n) is 2.47. The molecule has 0 saturated heterocycles. The van der Waals surface area contributed by atoms with E-state index in [1.165, 1.54) is 10.9 Å². The van der Waals surface area contributed by atoms with Gasteiger partial charge >= 0.3 is 5.97 Å². The number of carbonyl (C=O) groups is 1. The van der Waals surface area contributed by atoms with Gasteiger partial charge in [-0.25, -0.2) is 0 Å². The van der Waals surface area contributed by atoms with Gasteiger partial charge in [-0.1, -0.05) is 32.0 Å². The molecule has 0 amide bonds. The van der Waals surface area contributed by atoms with Crippen LogP contribution in [0.2, 0.25) is 0 Å². The van der Waals surface area contributed by atoms with Crippen molar-refractivity contribution in [2.24, 2.45) is 11.7 Å². The number of H-pyrrole nitrogens is 1. The second-order valence-corrected chi connectivity index (χ2v) is 4.17. The van der Waals surface area contributed by atoms with Crippen molar-refractivity contribution in [1.82, 2.24) is 4.98 Å². The number of nitrogens with one attached hydrogen (secondary N) is 1. The molecular formula is C13H18N2O2. The van der Waals surface area contributed by atoms with E-state index in [4.69, 9.17) is 10.8 Å². The minimum atomic E-state index is -0.931. The number of rotatable bonds is 2. The molecule has 0 fully saturated rings. The molecule has 0 aliphatic heterocycles. The third kappa shape index (κ3) is 3.92. The summed E-state index contributed by atoms with van der Waals surface area (Å²) in [6.07, 6.45) is 1.95. The van der Waals surface area contributed by atoms with Crippen LogP contribution in [0.5, 0.6) is 0 Å². The number of aliphatic carboxylic acids is 1. The summed E-state index contributed by atoms with van der Waals surface area (Å²) in [5.74, 6) is -0.910. The number of benzene rings is 1. The summed E-state index contributed by atoms with van der Waals surface area (Å²) in [6.45, 7) is 3.55. The summed E-state index contributed by atoms with van der Waals surface area (Å²) in [5, 5.41) is 9.50. The van der Waals surface area contributed by atoms with Crippen molar-refractivity contribution in [2.45, 2.75) is 19.9 Å². The Hall–Kier alpha value is -1.81. The van der Waals surface area contributed by atoms with Gasteiger partial charge in [0.1, 0.15) is 6.04 Å². The van der Waals surface area contributed by atoms with Crippen LogP contribution in [0.1, 0.15) is 13.8 Å². The SMILES string of the molecule is CC(C)[C@H](N)C(=O)O.c1ccc2[nH]ccc2c1. The van der Waals surface area contributed by atoms with Crippen LogP contribution in [0, 0.1) is 5.92 Å². The maximum atomic E-state index is 10.0. The molecular weight excluding hydrogens is 216 g/mol. The average Bonchev–Trinajstić information content (AvgIpc) is 2.76. The highest BCUT2D eigenvalue weighted by Crippen LogP contribution is 2.09. The highest BCUT2D eigenvalue weighted by Gasteiger charge is 2.14. The van der Waals surface area contributed by atoms with Crippen LogP contribution in [0.4, 0.5) is 0 Å². The zero-order chi connectivity index (χ0) is 12.8. The van der Waals surface area contributed by atoms with Crippen molar-refractivity contribution in [3.8, 4) is 0 Å². The normalized spacial score (nSPS) is 12.0. The smallest absolute Gasteiger partial charge is 0.320 e. The maximum absolute atomic E-state index is 10.0. The highest BCUT2D eigenvalue weighted by molar-refractivity contribution is 5.78. The average molecular weight is 234 g/mol. The van der Waals surface area contributed by atoms with Crippen LogP contribution in [0.25, 0.3) is 10.9 Å². The van der Waals surface area contributed by atoms with Crippen LogP contribution >= 0.6 is 0 Å². The number of para-hydroxylation sites is 1. The van der Waals surface area contributed by atoms with Crippen LogP contribution in [-0.2, 0) is 4.79 Å². The fraction of sp³-hybridized carbons (Fsp3) is 0.308. The molecule has 4 nitrogen and oxygen atoms in total. The first-order valence-corrected chi connectivity index (χ1v) is 5.53. The van der Waals surface area contributed by atoms with Crippen molar-refractivity contribution in [3.05, 3.63) is 36.5 Å². The van der Waals surface area contributed by atoms with Gasteiger partial charge in [-0.2, -0.15) is 0 Å². The molecule has 0 saturated carbocycles. The zero-order valence-electron chi connectivity index (χ0n) is 10.1. The Morgan fingerprint density at radius 1 is 1.29 bits per heavy atom. The number of hydrogen-bond acceptors (Lipinski definition) is 2. The van der Waals surface area contributed by atoms with E-state index in [0.717, 1.165) is 0 Å². The van der Waals surface area contributed by atoms with E-state index in [1.54, 1.807) is 13.8 Å². The Labute approximate surface area is 100 Å². The minimum Gasteiger partial charge on any atom is -0.480 e. The molecule has 2 aromatic rings. The van der Waals surface area contributed by atoms with Crippen molar-refractivity contribution in [3.63, 3.8) is 0 Å². The Morgan fingerprint density at radius 3 is 2.41 bits per heavy atom. The summed E-state index contributed by atoms with van der Waals surface area (Å²) in [7, 11) is 0. The second kappa shape index (κ2) is 6.06. The highest BCUT2D eigenvalue weighted by atomic mass is 16.4. The van der Waals surface area contributed by atoms with Crippen molar-refractivity contribution >= 4 is 16.9 Å². The lowest BCUT2D eigenvalue weighted by Gasteiger charge is -2.07. The quantitative estimate of drug-likeness (QED) is 0.745. The lowest BCUT2D eigenvalue weighted by molar-refractivity contribution is -0.139. The molecule has 17 heavy (non-hydrogen) atoms. The molecule has 0 aliphatic carbocycles. The van der Waals surface area contributed by atoms with Crippen LogP contribution in [-0.4, -0.2) is 22.1 Å². The Morgan fingerprint density at radius 2 is 1.94 bits per heavy atom. The van der Waals surface area contributed by atoms with E-state index in [9.17, 15) is 4.79 Å². The van der Waals surface area contributed by atoms with E-state index in [0.29, 0.717) is 0 Å². The fourth-order valence-corrected chi connectivity index (χ4v) is 1.28. The number of aromatic amines is 1. The molecule has 1 aromatic carbocycles. The summed E-state index contributed by atoms with van der Waals surface area (Å²) in [4.78, 5) is 13.1. The van der Waals surface area contributed by atoms with Gasteiger partial charge in [-0.3, -0.25) is 4.79 Å². The molecule has 4 N–H and O–H groups in total. The van der Waals surface area contributed by atoms with Crippen molar-refractivity contribution in [2.75, 3.05) is 0 Å². The summed E-state index contributed by atoms with van der Waals surface area (Å²) in [5.41, 5.74) is 6.37. The van der Waals surface area contributed by atoms with Gasteiger partial charge < -0.3 is 15.8 Å². The van der Waals surface area contributed by atoms with Gasteiger partial charge in [0.2, 0.25) is 0 Å². The molecule has 2 rings (SSSR count). The summed E-state index contributed by atoms with van der Waals surface area (Å²) >= 11 is 0. The summed E-state index contributed by atoms with van der Waals surface area (Å²) in [6, 6.07) is 9.57. The van der Waals surface area contributed by atoms with E-state index >= 15 is 0 Å². The van der Waals surface area contributed by atoms with Crippen LogP contribution in [0.3, 0.4) is 0 Å². The first kappa shape index (κ1) is 13.3. The molecule has 0 aliphatic rings.